The fourth-order valence-electron chi connectivity index (χ4n) is 7.09. The molecule has 4 bridgehead atoms. The van der Waals surface area contributed by atoms with Crippen molar-refractivity contribution in [2.75, 3.05) is 52.4 Å². The first-order valence-corrected chi connectivity index (χ1v) is 12.5. The second-order valence-electron chi connectivity index (χ2n) is 10.5. The molecular weight excluding hydrogens is 392 g/mol. The van der Waals surface area contributed by atoms with Crippen LogP contribution in [0.25, 0.3) is 0 Å². The van der Waals surface area contributed by atoms with Gasteiger partial charge in [-0.15, -0.1) is 0 Å². The van der Waals surface area contributed by atoms with E-state index < -0.39 is 0 Å². The third kappa shape index (κ3) is 4.91. The minimum absolute atomic E-state index is 0.00926. The monoisotopic (exact) mass is 432 g/mol. The molecule has 5 aliphatic rings. The van der Waals surface area contributed by atoms with Crippen molar-refractivity contribution in [1.29, 1.82) is 0 Å². The Labute approximate surface area is 186 Å². The van der Waals surface area contributed by atoms with E-state index in [4.69, 9.17) is 0 Å². The van der Waals surface area contributed by atoms with Crippen molar-refractivity contribution in [2.45, 2.75) is 58.8 Å². The number of carbonyl (C=O) groups is 3. The van der Waals surface area contributed by atoms with Gasteiger partial charge in [0.1, 0.15) is 0 Å². The summed E-state index contributed by atoms with van der Waals surface area (Å²) in [6.45, 7) is 8.86. The number of carbonyl (C=O) groups excluding carboxylic acids is 3. The molecule has 0 aromatic carbocycles. The average Bonchev–Trinajstić information content (AvgIpc) is 2.97. The Morgan fingerprint density at radius 2 is 1.52 bits per heavy atom. The Balaban J connectivity index is 1.24. The molecular formula is C24H40N4O3. The maximum Gasteiger partial charge on any atom is 0.242 e. The van der Waals surface area contributed by atoms with Crippen LogP contribution in [0, 0.1) is 23.2 Å². The van der Waals surface area contributed by atoms with Gasteiger partial charge in [-0.1, -0.05) is 0 Å². The molecule has 1 N–H and O–H groups in total. The van der Waals surface area contributed by atoms with Crippen LogP contribution in [0.15, 0.2) is 0 Å². The maximum atomic E-state index is 13.1. The van der Waals surface area contributed by atoms with Crippen LogP contribution >= 0.6 is 0 Å². The van der Waals surface area contributed by atoms with E-state index in [9.17, 15) is 14.4 Å². The summed E-state index contributed by atoms with van der Waals surface area (Å²) >= 11 is 0. The molecule has 4 saturated carbocycles. The minimum Gasteiger partial charge on any atom is -0.347 e. The largest absolute Gasteiger partial charge is 0.347 e. The zero-order chi connectivity index (χ0) is 22.0. The van der Waals surface area contributed by atoms with Crippen molar-refractivity contribution in [3.05, 3.63) is 0 Å². The molecule has 0 unspecified atom stereocenters. The quantitative estimate of drug-likeness (QED) is 0.665. The molecule has 3 amide bonds. The summed E-state index contributed by atoms with van der Waals surface area (Å²) in [7, 11) is 0. The number of nitrogens with one attached hydrogen (secondary N) is 1. The predicted molar refractivity (Wildman–Crippen MR) is 119 cm³/mol. The predicted octanol–water partition coefficient (Wildman–Crippen LogP) is 1.72. The molecule has 1 aliphatic heterocycles. The molecule has 0 aromatic heterocycles. The molecule has 5 fully saturated rings. The second kappa shape index (κ2) is 9.47. The number of hydrogen-bond acceptors (Lipinski definition) is 4. The van der Waals surface area contributed by atoms with Crippen LogP contribution in [0.5, 0.6) is 0 Å². The summed E-state index contributed by atoms with van der Waals surface area (Å²) in [4.78, 5) is 44.2. The van der Waals surface area contributed by atoms with Crippen LogP contribution in [0.2, 0.25) is 0 Å². The normalized spacial score (nSPS) is 32.6. The van der Waals surface area contributed by atoms with Gasteiger partial charge in [0.15, 0.2) is 0 Å². The number of rotatable bonds is 7. The summed E-state index contributed by atoms with van der Waals surface area (Å²) < 4.78 is 0. The molecule has 5 rings (SSSR count). The van der Waals surface area contributed by atoms with Crippen molar-refractivity contribution in [2.24, 2.45) is 23.2 Å². The lowest BCUT2D eigenvalue weighted by Gasteiger charge is -2.55. The van der Waals surface area contributed by atoms with E-state index in [0.717, 1.165) is 63.1 Å². The lowest BCUT2D eigenvalue weighted by atomic mass is 9.49. The zero-order valence-corrected chi connectivity index (χ0v) is 19.4. The van der Waals surface area contributed by atoms with Crippen molar-refractivity contribution in [3.63, 3.8) is 0 Å². The fourth-order valence-corrected chi connectivity index (χ4v) is 7.09. The van der Waals surface area contributed by atoms with Gasteiger partial charge in [0.05, 0.1) is 13.1 Å². The van der Waals surface area contributed by atoms with Crippen LogP contribution in [0.3, 0.4) is 0 Å². The van der Waals surface area contributed by atoms with Crippen molar-refractivity contribution < 1.29 is 14.4 Å². The molecule has 31 heavy (non-hydrogen) atoms. The van der Waals surface area contributed by atoms with E-state index in [1.165, 1.54) is 19.3 Å². The Kier molecular flexibility index (Phi) is 6.89. The topological polar surface area (TPSA) is 73.0 Å². The molecule has 4 aliphatic carbocycles. The first-order valence-electron chi connectivity index (χ1n) is 12.5. The summed E-state index contributed by atoms with van der Waals surface area (Å²) in [5, 5.41) is 3.03. The summed E-state index contributed by atoms with van der Waals surface area (Å²) in [6, 6.07) is 0. The highest BCUT2D eigenvalue weighted by Gasteiger charge is 2.54. The molecule has 174 valence electrons. The van der Waals surface area contributed by atoms with Gasteiger partial charge in [0.25, 0.3) is 0 Å². The van der Waals surface area contributed by atoms with Gasteiger partial charge in [0.2, 0.25) is 17.7 Å². The number of likely N-dealkylation sites (N-methyl/N-ethyl adjacent to an activating group) is 1. The molecule has 1 heterocycles. The van der Waals surface area contributed by atoms with E-state index in [-0.39, 0.29) is 29.7 Å². The number of hydrogen-bond donors (Lipinski definition) is 1. The Morgan fingerprint density at radius 3 is 2.10 bits per heavy atom. The lowest BCUT2D eigenvalue weighted by Crippen LogP contribution is -2.54. The Morgan fingerprint density at radius 1 is 0.903 bits per heavy atom. The Hall–Kier alpha value is -1.63. The van der Waals surface area contributed by atoms with Crippen LogP contribution in [0.1, 0.15) is 58.8 Å². The standard InChI is InChI=1S/C24H40N4O3/c1-3-27(4-2)22(30)17-26-6-5-7-28(9-8-26)21(29)16-25-23(31)24-13-18-10-19(14-24)12-20(11-18)15-24/h18-20H,3-17H2,1-2H3,(H,25,31). The van der Waals surface area contributed by atoms with Crippen molar-refractivity contribution >= 4 is 17.7 Å². The van der Waals surface area contributed by atoms with Gasteiger partial charge in [0, 0.05) is 44.7 Å². The van der Waals surface area contributed by atoms with Gasteiger partial charge < -0.3 is 15.1 Å². The lowest BCUT2D eigenvalue weighted by molar-refractivity contribution is -0.148. The van der Waals surface area contributed by atoms with E-state index in [1.807, 2.05) is 23.6 Å². The van der Waals surface area contributed by atoms with Crippen LogP contribution in [-0.4, -0.2) is 84.8 Å². The zero-order valence-electron chi connectivity index (χ0n) is 19.4. The third-order valence-corrected chi connectivity index (χ3v) is 8.34. The number of amides is 3. The van der Waals surface area contributed by atoms with Gasteiger partial charge in [-0.3, -0.25) is 19.3 Å². The summed E-state index contributed by atoms with van der Waals surface area (Å²) in [5.74, 6) is 2.47. The smallest absolute Gasteiger partial charge is 0.242 e. The highest BCUT2D eigenvalue weighted by molar-refractivity contribution is 5.88. The first-order chi connectivity index (χ1) is 14.9. The second-order valence-corrected chi connectivity index (χ2v) is 10.5. The fraction of sp³-hybridized carbons (Fsp3) is 0.875. The van der Waals surface area contributed by atoms with E-state index >= 15 is 0 Å². The Bertz CT molecular complexity index is 655. The van der Waals surface area contributed by atoms with E-state index in [1.54, 1.807) is 0 Å². The van der Waals surface area contributed by atoms with Crippen molar-refractivity contribution in [3.8, 4) is 0 Å². The first kappa shape index (κ1) is 22.6. The SMILES string of the molecule is CCN(CC)C(=O)CN1CCCN(C(=O)CNC(=O)C23CC4CC(CC(C4)C2)C3)CC1. The third-order valence-electron chi connectivity index (χ3n) is 8.34. The summed E-state index contributed by atoms with van der Waals surface area (Å²) in [6.07, 6.45) is 7.88. The van der Waals surface area contributed by atoms with Crippen LogP contribution < -0.4 is 5.32 Å². The molecule has 1 saturated heterocycles. The molecule has 0 radical (unpaired) electrons. The van der Waals surface area contributed by atoms with Crippen LogP contribution in [-0.2, 0) is 14.4 Å². The average molecular weight is 433 g/mol. The van der Waals surface area contributed by atoms with E-state index in [0.29, 0.717) is 26.2 Å². The van der Waals surface area contributed by atoms with Gasteiger partial charge in [-0.2, -0.15) is 0 Å². The molecule has 7 heteroatoms. The van der Waals surface area contributed by atoms with Crippen molar-refractivity contribution in [1.82, 2.24) is 20.0 Å². The molecule has 0 spiro atoms. The molecule has 7 nitrogen and oxygen atoms in total. The van der Waals surface area contributed by atoms with Crippen LogP contribution in [0.4, 0.5) is 0 Å². The van der Waals surface area contributed by atoms with Gasteiger partial charge in [-0.25, -0.2) is 0 Å². The van der Waals surface area contributed by atoms with E-state index in [2.05, 4.69) is 10.2 Å². The molecule has 0 aromatic rings. The highest BCUT2D eigenvalue weighted by atomic mass is 16.2. The number of nitrogens with zero attached hydrogens (tertiary/aromatic N) is 3. The summed E-state index contributed by atoms with van der Waals surface area (Å²) in [5.41, 5.74) is -0.199. The van der Waals surface area contributed by atoms with Gasteiger partial charge >= 0.3 is 0 Å². The van der Waals surface area contributed by atoms with Gasteiger partial charge in [-0.05, 0) is 76.5 Å². The highest BCUT2D eigenvalue weighted by Crippen LogP contribution is 2.60. The maximum absolute atomic E-state index is 13.1. The molecule has 0 atom stereocenters. The minimum atomic E-state index is -0.199.